The number of fused-ring (bicyclic) bond motifs is 1. The van der Waals surface area contributed by atoms with Gasteiger partial charge in [0.1, 0.15) is 0 Å². The molecule has 4 aromatic rings. The number of H-pyrrole nitrogens is 1. The molecule has 1 atom stereocenters. The lowest BCUT2D eigenvalue weighted by Gasteiger charge is -2.18. The van der Waals surface area contributed by atoms with Crippen molar-refractivity contribution in [3.05, 3.63) is 77.4 Å². The van der Waals surface area contributed by atoms with Crippen LogP contribution in [0.1, 0.15) is 12.0 Å². The summed E-state index contributed by atoms with van der Waals surface area (Å²) in [7, 11) is 2.12. The molecule has 6 heteroatoms. The van der Waals surface area contributed by atoms with Crippen LogP contribution in [0.4, 0.5) is 0 Å². The summed E-state index contributed by atoms with van der Waals surface area (Å²) in [6, 6.07) is 21.0. The molecular formula is C27H28ClN3O2. The lowest BCUT2D eigenvalue weighted by molar-refractivity contribution is 0.0321. The Kier molecular flexibility index (Phi) is 6.74. The number of ether oxygens (including phenoxy) is 2. The van der Waals surface area contributed by atoms with E-state index in [4.69, 9.17) is 21.1 Å². The van der Waals surface area contributed by atoms with E-state index in [0.717, 1.165) is 77.5 Å². The Morgan fingerprint density at radius 2 is 1.85 bits per heavy atom. The van der Waals surface area contributed by atoms with Crippen LogP contribution in [-0.2, 0) is 16.0 Å². The molecule has 0 saturated carbocycles. The van der Waals surface area contributed by atoms with E-state index in [2.05, 4.69) is 70.7 Å². The van der Waals surface area contributed by atoms with E-state index >= 15 is 0 Å². The molecular weight excluding hydrogens is 434 g/mol. The Bertz CT molecular complexity index is 1220. The molecule has 1 N–H and O–H groups in total. The minimum absolute atomic E-state index is 0.263. The van der Waals surface area contributed by atoms with Gasteiger partial charge in [-0.05, 0) is 36.2 Å². The average Bonchev–Trinajstić information content (AvgIpc) is 3.52. The minimum atomic E-state index is 0.263. The fraction of sp³-hybridized carbons (Fsp3) is 0.296. The molecule has 5 nitrogen and oxygen atoms in total. The van der Waals surface area contributed by atoms with Gasteiger partial charge in [-0.2, -0.15) is 5.10 Å². The maximum absolute atomic E-state index is 6.92. The molecule has 33 heavy (non-hydrogen) atoms. The van der Waals surface area contributed by atoms with E-state index in [1.165, 1.54) is 5.56 Å². The third-order valence-corrected chi connectivity index (χ3v) is 6.61. The second-order valence-corrected chi connectivity index (χ2v) is 8.97. The second-order valence-electron chi connectivity index (χ2n) is 8.60. The molecule has 1 aromatic heterocycles. The number of aromatic amines is 1. The van der Waals surface area contributed by atoms with Crippen molar-refractivity contribution in [2.75, 3.05) is 33.4 Å². The summed E-state index contributed by atoms with van der Waals surface area (Å²) in [5, 5.41) is 9.04. The highest BCUT2D eigenvalue weighted by molar-refractivity contribution is 6.36. The Morgan fingerprint density at radius 3 is 2.67 bits per heavy atom. The predicted octanol–water partition coefficient (Wildman–Crippen LogP) is 5.79. The van der Waals surface area contributed by atoms with Gasteiger partial charge < -0.3 is 9.47 Å². The average molecular weight is 462 g/mol. The zero-order valence-corrected chi connectivity index (χ0v) is 19.5. The number of hydrogen-bond acceptors (Lipinski definition) is 4. The molecule has 3 aromatic carbocycles. The Hall–Kier alpha value is -2.70. The van der Waals surface area contributed by atoms with Crippen molar-refractivity contribution >= 4 is 22.5 Å². The van der Waals surface area contributed by atoms with Crippen LogP contribution in [0, 0.1) is 0 Å². The number of benzene rings is 3. The van der Waals surface area contributed by atoms with Crippen LogP contribution < -0.4 is 0 Å². The molecule has 1 saturated heterocycles. The van der Waals surface area contributed by atoms with Gasteiger partial charge in [0.2, 0.25) is 0 Å². The quantitative estimate of drug-likeness (QED) is 0.361. The van der Waals surface area contributed by atoms with Gasteiger partial charge >= 0.3 is 0 Å². The lowest BCUT2D eigenvalue weighted by Crippen LogP contribution is -2.25. The molecule has 0 amide bonds. The highest BCUT2D eigenvalue weighted by Gasteiger charge is 2.16. The van der Waals surface area contributed by atoms with Crippen LogP contribution in [0.25, 0.3) is 33.2 Å². The maximum Gasteiger partial charge on any atom is 0.0831 e. The van der Waals surface area contributed by atoms with Gasteiger partial charge in [-0.15, -0.1) is 0 Å². The zero-order valence-electron chi connectivity index (χ0n) is 18.8. The minimum Gasteiger partial charge on any atom is -0.379 e. The monoisotopic (exact) mass is 461 g/mol. The van der Waals surface area contributed by atoms with Crippen LogP contribution in [0.5, 0.6) is 0 Å². The van der Waals surface area contributed by atoms with Gasteiger partial charge in [0.25, 0.3) is 0 Å². The third-order valence-electron chi connectivity index (χ3n) is 6.21. The fourth-order valence-electron chi connectivity index (χ4n) is 4.37. The number of hydrogen-bond donors (Lipinski definition) is 1. The van der Waals surface area contributed by atoms with Gasteiger partial charge in [0.05, 0.1) is 36.1 Å². The van der Waals surface area contributed by atoms with Crippen molar-refractivity contribution < 1.29 is 9.47 Å². The summed E-state index contributed by atoms with van der Waals surface area (Å²) >= 11 is 6.92. The molecule has 2 heterocycles. The van der Waals surface area contributed by atoms with E-state index < -0.39 is 0 Å². The Morgan fingerprint density at radius 1 is 1.06 bits per heavy atom. The van der Waals surface area contributed by atoms with Crippen molar-refractivity contribution in [1.29, 1.82) is 0 Å². The van der Waals surface area contributed by atoms with Crippen molar-refractivity contribution in [3.63, 3.8) is 0 Å². The number of halogens is 1. The molecule has 0 bridgehead atoms. The predicted molar refractivity (Wildman–Crippen MR) is 133 cm³/mol. The summed E-state index contributed by atoms with van der Waals surface area (Å²) in [5.74, 6) is 0. The second kappa shape index (κ2) is 10.1. The van der Waals surface area contributed by atoms with Crippen molar-refractivity contribution in [1.82, 2.24) is 15.1 Å². The van der Waals surface area contributed by atoms with E-state index in [1.54, 1.807) is 0 Å². The molecule has 1 aliphatic rings. The van der Waals surface area contributed by atoms with Crippen LogP contribution in [0.15, 0.2) is 66.9 Å². The molecule has 0 radical (unpaired) electrons. The molecule has 0 aliphatic carbocycles. The Labute approximate surface area is 199 Å². The standard InChI is InChI=1S/C27H28ClN3O2/c1-31(13-15-33-21-12-14-32-18-21)17-19-8-10-20(11-9-19)22-4-2-6-24(27(22)28)23-5-3-7-26-25(23)16-29-30-26/h2-11,16,21H,12-15,17-18H2,1H3,(H,29,30)/t21-/m0/s1. The SMILES string of the molecule is CN(CCO[C@H]1CCOC1)Cc1ccc(-c2cccc(-c3cccc4[nH]ncc34)c2Cl)cc1. The molecule has 0 spiro atoms. The summed E-state index contributed by atoms with van der Waals surface area (Å²) in [4.78, 5) is 2.28. The Balaban J connectivity index is 1.28. The van der Waals surface area contributed by atoms with Crippen molar-refractivity contribution in [3.8, 4) is 22.3 Å². The summed E-state index contributed by atoms with van der Waals surface area (Å²) < 4.78 is 11.2. The van der Waals surface area contributed by atoms with E-state index in [0.29, 0.717) is 0 Å². The summed E-state index contributed by atoms with van der Waals surface area (Å²) in [5.41, 5.74) is 6.50. The number of nitrogens with one attached hydrogen (secondary N) is 1. The van der Waals surface area contributed by atoms with E-state index in [1.807, 2.05) is 18.3 Å². The van der Waals surface area contributed by atoms with Crippen molar-refractivity contribution in [2.45, 2.75) is 19.1 Å². The number of aromatic nitrogens is 2. The van der Waals surface area contributed by atoms with E-state index in [-0.39, 0.29) is 6.10 Å². The molecule has 0 unspecified atom stereocenters. The fourth-order valence-corrected chi connectivity index (χ4v) is 4.70. The molecule has 1 aliphatic heterocycles. The zero-order chi connectivity index (χ0) is 22.6. The van der Waals surface area contributed by atoms with Crippen LogP contribution in [0.3, 0.4) is 0 Å². The van der Waals surface area contributed by atoms with Gasteiger partial charge in [-0.3, -0.25) is 10.00 Å². The summed E-state index contributed by atoms with van der Waals surface area (Å²) in [6.07, 6.45) is 3.12. The number of likely N-dealkylation sites (N-methyl/N-ethyl adjacent to an activating group) is 1. The highest BCUT2D eigenvalue weighted by atomic mass is 35.5. The first-order valence-corrected chi connectivity index (χ1v) is 11.7. The van der Waals surface area contributed by atoms with Crippen molar-refractivity contribution in [2.24, 2.45) is 0 Å². The smallest absolute Gasteiger partial charge is 0.0831 e. The van der Waals surface area contributed by atoms with Gasteiger partial charge in [-0.1, -0.05) is 66.2 Å². The van der Waals surface area contributed by atoms with Gasteiger partial charge in [0, 0.05) is 36.2 Å². The van der Waals surface area contributed by atoms with E-state index in [9.17, 15) is 0 Å². The normalized spacial score (nSPS) is 16.2. The first-order valence-electron chi connectivity index (χ1n) is 11.4. The van der Waals surface area contributed by atoms with Crippen LogP contribution in [-0.4, -0.2) is 54.6 Å². The van der Waals surface area contributed by atoms with Crippen LogP contribution in [0.2, 0.25) is 5.02 Å². The first kappa shape index (κ1) is 22.1. The van der Waals surface area contributed by atoms with Gasteiger partial charge in [0.15, 0.2) is 0 Å². The molecule has 1 fully saturated rings. The first-order chi connectivity index (χ1) is 16.2. The summed E-state index contributed by atoms with van der Waals surface area (Å²) in [6.45, 7) is 4.05. The largest absolute Gasteiger partial charge is 0.379 e. The number of nitrogens with zero attached hydrogens (tertiary/aromatic N) is 2. The van der Waals surface area contributed by atoms with Crippen LogP contribution >= 0.6 is 11.6 Å². The molecule has 170 valence electrons. The lowest BCUT2D eigenvalue weighted by atomic mass is 9.96. The maximum atomic E-state index is 6.92. The van der Waals surface area contributed by atoms with Gasteiger partial charge in [-0.25, -0.2) is 0 Å². The highest BCUT2D eigenvalue weighted by Crippen LogP contribution is 2.38. The third kappa shape index (κ3) is 4.97. The molecule has 5 rings (SSSR count). The number of rotatable bonds is 8. The topological polar surface area (TPSA) is 50.4 Å².